The fourth-order valence-electron chi connectivity index (χ4n) is 2.78. The van der Waals surface area contributed by atoms with Gasteiger partial charge in [0.05, 0.1) is 12.5 Å². The van der Waals surface area contributed by atoms with Crippen molar-refractivity contribution in [1.82, 2.24) is 0 Å². The highest BCUT2D eigenvalue weighted by Gasteiger charge is 2.36. The predicted molar refractivity (Wildman–Crippen MR) is 89.9 cm³/mol. The third-order valence-electron chi connectivity index (χ3n) is 3.79. The summed E-state index contributed by atoms with van der Waals surface area (Å²) in [5.74, 6) is -0.735. The average Bonchev–Trinajstić information content (AvgIpc) is 2.54. The number of phenolic OH excluding ortho intramolecular Hbond substituents is 1. The molecule has 0 unspecified atom stereocenters. The van der Waals surface area contributed by atoms with Crippen LogP contribution in [0, 0.1) is 0 Å². The predicted octanol–water partition coefficient (Wildman–Crippen LogP) is 3.30. The lowest BCUT2D eigenvalue weighted by atomic mass is 9.83. The maximum atomic E-state index is 12.4. The SMILES string of the molecule is CCOC(=O)C1=C(N)Oc2cc(O)ccc2[C@H]1c1ccccc1Cl. The first kappa shape index (κ1) is 16.2. The van der Waals surface area contributed by atoms with E-state index in [4.69, 9.17) is 26.8 Å². The number of hydrogen-bond acceptors (Lipinski definition) is 5. The molecule has 0 spiro atoms. The van der Waals surface area contributed by atoms with Gasteiger partial charge in [-0.05, 0) is 24.6 Å². The number of esters is 1. The van der Waals surface area contributed by atoms with Crippen LogP contribution in [0.2, 0.25) is 5.02 Å². The van der Waals surface area contributed by atoms with Gasteiger partial charge in [-0.25, -0.2) is 4.79 Å². The minimum Gasteiger partial charge on any atom is -0.508 e. The fourth-order valence-corrected chi connectivity index (χ4v) is 3.03. The molecule has 0 saturated carbocycles. The van der Waals surface area contributed by atoms with E-state index >= 15 is 0 Å². The Kier molecular flexibility index (Phi) is 4.36. The van der Waals surface area contributed by atoms with Crippen LogP contribution >= 0.6 is 11.6 Å². The van der Waals surface area contributed by atoms with E-state index in [0.29, 0.717) is 21.9 Å². The summed E-state index contributed by atoms with van der Waals surface area (Å²) < 4.78 is 10.7. The number of phenols is 1. The average molecular weight is 346 g/mol. The number of aromatic hydroxyl groups is 1. The Balaban J connectivity index is 2.23. The molecule has 1 aliphatic rings. The van der Waals surface area contributed by atoms with Crippen molar-refractivity contribution >= 4 is 17.6 Å². The number of hydrogen-bond donors (Lipinski definition) is 2. The molecule has 0 radical (unpaired) electrons. The second kappa shape index (κ2) is 6.45. The van der Waals surface area contributed by atoms with Crippen LogP contribution in [0.15, 0.2) is 53.9 Å². The van der Waals surface area contributed by atoms with Crippen molar-refractivity contribution in [2.75, 3.05) is 6.61 Å². The van der Waals surface area contributed by atoms with Crippen LogP contribution in [0.4, 0.5) is 0 Å². The Bertz CT molecular complexity index is 832. The lowest BCUT2D eigenvalue weighted by Crippen LogP contribution is -2.27. The molecule has 3 N–H and O–H groups in total. The maximum absolute atomic E-state index is 12.4. The monoisotopic (exact) mass is 345 g/mol. The van der Waals surface area contributed by atoms with Crippen LogP contribution in [0.25, 0.3) is 0 Å². The number of nitrogens with two attached hydrogens (primary N) is 1. The van der Waals surface area contributed by atoms with Crippen molar-refractivity contribution in [1.29, 1.82) is 0 Å². The fraction of sp³-hybridized carbons (Fsp3) is 0.167. The Morgan fingerprint density at radius 2 is 2.04 bits per heavy atom. The molecule has 0 fully saturated rings. The molecule has 124 valence electrons. The van der Waals surface area contributed by atoms with Gasteiger partial charge in [0, 0.05) is 16.7 Å². The summed E-state index contributed by atoms with van der Waals surface area (Å²) in [4.78, 5) is 12.4. The molecule has 6 heteroatoms. The van der Waals surface area contributed by atoms with Crippen LogP contribution in [0.1, 0.15) is 24.0 Å². The highest BCUT2D eigenvalue weighted by atomic mass is 35.5. The van der Waals surface area contributed by atoms with Crippen molar-refractivity contribution < 1.29 is 19.4 Å². The van der Waals surface area contributed by atoms with Gasteiger partial charge in [0.15, 0.2) is 0 Å². The molecule has 1 heterocycles. The van der Waals surface area contributed by atoms with Crippen molar-refractivity contribution in [3.8, 4) is 11.5 Å². The lowest BCUT2D eigenvalue weighted by Gasteiger charge is -2.29. The second-order valence-corrected chi connectivity index (χ2v) is 5.68. The number of rotatable bonds is 3. The van der Waals surface area contributed by atoms with Crippen molar-refractivity contribution in [2.24, 2.45) is 5.73 Å². The third kappa shape index (κ3) is 2.78. The summed E-state index contributed by atoms with van der Waals surface area (Å²) in [5, 5.41) is 10.2. The smallest absolute Gasteiger partial charge is 0.340 e. The van der Waals surface area contributed by atoms with E-state index in [2.05, 4.69) is 0 Å². The van der Waals surface area contributed by atoms with Gasteiger partial charge in [0.2, 0.25) is 5.88 Å². The van der Waals surface area contributed by atoms with Gasteiger partial charge in [-0.3, -0.25) is 0 Å². The quantitative estimate of drug-likeness (QED) is 0.834. The van der Waals surface area contributed by atoms with E-state index < -0.39 is 11.9 Å². The molecule has 0 aliphatic carbocycles. The van der Waals surface area contributed by atoms with E-state index in [-0.39, 0.29) is 23.8 Å². The molecule has 0 saturated heterocycles. The van der Waals surface area contributed by atoms with E-state index in [1.54, 1.807) is 25.1 Å². The Morgan fingerprint density at radius 3 is 2.75 bits per heavy atom. The summed E-state index contributed by atoms with van der Waals surface area (Å²) in [6, 6.07) is 11.9. The largest absolute Gasteiger partial charge is 0.508 e. The molecule has 5 nitrogen and oxygen atoms in total. The number of ether oxygens (including phenoxy) is 2. The normalized spacial score (nSPS) is 16.3. The molecule has 0 bridgehead atoms. The molecule has 0 aromatic heterocycles. The Labute approximate surface area is 144 Å². The summed E-state index contributed by atoms with van der Waals surface area (Å²) in [6.45, 7) is 1.93. The first-order valence-corrected chi connectivity index (χ1v) is 7.82. The van der Waals surface area contributed by atoms with E-state index in [1.165, 1.54) is 12.1 Å². The van der Waals surface area contributed by atoms with Crippen molar-refractivity contribution in [3.63, 3.8) is 0 Å². The highest BCUT2D eigenvalue weighted by molar-refractivity contribution is 6.31. The second-order valence-electron chi connectivity index (χ2n) is 5.28. The van der Waals surface area contributed by atoms with Gasteiger partial charge in [-0.2, -0.15) is 0 Å². The number of carbonyl (C=O) groups excluding carboxylic acids is 1. The number of fused-ring (bicyclic) bond motifs is 1. The van der Waals surface area contributed by atoms with Gasteiger partial charge < -0.3 is 20.3 Å². The van der Waals surface area contributed by atoms with Gasteiger partial charge in [0.25, 0.3) is 0 Å². The maximum Gasteiger partial charge on any atom is 0.340 e. The summed E-state index contributed by atoms with van der Waals surface area (Å²) in [6.07, 6.45) is 0. The number of benzene rings is 2. The lowest BCUT2D eigenvalue weighted by molar-refractivity contribution is -0.139. The zero-order valence-corrected chi connectivity index (χ0v) is 13.7. The first-order chi connectivity index (χ1) is 11.5. The molecule has 2 aromatic rings. The third-order valence-corrected chi connectivity index (χ3v) is 4.14. The first-order valence-electron chi connectivity index (χ1n) is 7.44. The molecule has 1 aliphatic heterocycles. The van der Waals surface area contributed by atoms with Crippen LogP contribution in [0.3, 0.4) is 0 Å². The molecular weight excluding hydrogens is 330 g/mol. The van der Waals surface area contributed by atoms with Crippen LogP contribution < -0.4 is 10.5 Å². The van der Waals surface area contributed by atoms with E-state index in [0.717, 1.165) is 0 Å². The number of carbonyl (C=O) groups is 1. The zero-order chi connectivity index (χ0) is 17.3. The van der Waals surface area contributed by atoms with Crippen LogP contribution in [-0.4, -0.2) is 17.7 Å². The van der Waals surface area contributed by atoms with Gasteiger partial charge in [-0.1, -0.05) is 35.9 Å². The Hall–Kier alpha value is -2.66. The van der Waals surface area contributed by atoms with Crippen molar-refractivity contribution in [3.05, 3.63) is 70.1 Å². The van der Waals surface area contributed by atoms with Gasteiger partial charge >= 0.3 is 5.97 Å². The van der Waals surface area contributed by atoms with Gasteiger partial charge in [0.1, 0.15) is 17.1 Å². The molecule has 3 rings (SSSR count). The van der Waals surface area contributed by atoms with Crippen LogP contribution in [-0.2, 0) is 9.53 Å². The number of halogens is 1. The minimum atomic E-state index is -0.557. The zero-order valence-electron chi connectivity index (χ0n) is 13.0. The summed E-state index contributed by atoms with van der Waals surface area (Å²) >= 11 is 6.34. The van der Waals surface area contributed by atoms with E-state index in [1.807, 2.05) is 12.1 Å². The molecule has 0 amide bonds. The Morgan fingerprint density at radius 1 is 1.29 bits per heavy atom. The molecule has 1 atom stereocenters. The molecule has 24 heavy (non-hydrogen) atoms. The summed E-state index contributed by atoms with van der Waals surface area (Å²) in [5.41, 5.74) is 7.57. The molecule has 2 aromatic carbocycles. The highest BCUT2D eigenvalue weighted by Crippen LogP contribution is 2.45. The summed E-state index contributed by atoms with van der Waals surface area (Å²) in [7, 11) is 0. The van der Waals surface area contributed by atoms with Gasteiger partial charge in [-0.15, -0.1) is 0 Å². The minimum absolute atomic E-state index is 0.0408. The molecular formula is C18H16ClNO4. The van der Waals surface area contributed by atoms with E-state index in [9.17, 15) is 9.90 Å². The standard InChI is InChI=1S/C18H16ClNO4/c1-2-23-18(22)16-15(11-5-3-4-6-13(11)19)12-8-7-10(21)9-14(12)24-17(16)20/h3-9,15,21H,2,20H2,1H3/t15-/m1/s1. The van der Waals surface area contributed by atoms with Crippen molar-refractivity contribution in [2.45, 2.75) is 12.8 Å². The van der Waals surface area contributed by atoms with Crippen LogP contribution in [0.5, 0.6) is 11.5 Å². The topological polar surface area (TPSA) is 81.8 Å².